The average Bonchev–Trinajstić information content (AvgIpc) is 1.69. The quantitative estimate of drug-likeness (QED) is 0.389. The zero-order valence-electron chi connectivity index (χ0n) is 3.92. The summed E-state index contributed by atoms with van der Waals surface area (Å²) in [5.41, 5.74) is 0. The fourth-order valence-corrected chi connectivity index (χ4v) is 0.147. The van der Waals surface area contributed by atoms with Crippen LogP contribution in [0, 0.1) is 0 Å². The molecule has 1 aliphatic heterocycles. The topological polar surface area (TPSA) is 36.9 Å². The average molecular weight is 93.1 g/mol. The fraction of sp³-hybridized carbons (Fsp3) is 1.00. The smallest absolute Gasteiger partial charge is 0.112 e. The van der Waals surface area contributed by atoms with Crippen molar-refractivity contribution in [2.45, 2.75) is 0 Å². The van der Waals surface area contributed by atoms with Crippen LogP contribution in [0.4, 0.5) is 0 Å². The second-order valence-electron chi connectivity index (χ2n) is 0.683. The predicted molar refractivity (Wildman–Crippen MR) is 14.1 cm³/mol. The van der Waals surface area contributed by atoms with Crippen LogP contribution in [0.25, 0.3) is 0 Å². The molecule has 1 heterocycles. The molecule has 0 N–H and O–H groups in total. The molecular formula is C2H4O4. The molecule has 1 atom stereocenters. The van der Waals surface area contributed by atoms with Gasteiger partial charge in [-0.05, 0) is 10.1 Å². The molecule has 0 radical (unpaired) electrons. The molecule has 0 aromatic rings. The van der Waals surface area contributed by atoms with Crippen molar-refractivity contribution in [2.75, 3.05) is 13.2 Å². The van der Waals surface area contributed by atoms with Gasteiger partial charge in [0.25, 0.3) is 0 Å². The summed E-state index contributed by atoms with van der Waals surface area (Å²) in [5, 5.41) is 7.57. The third kappa shape index (κ3) is 0.908. The highest BCUT2D eigenvalue weighted by atomic mass is 17.7. The monoisotopic (exact) mass is 93.0 g/mol. The van der Waals surface area contributed by atoms with Crippen LogP contribution in [-0.4, -0.2) is 13.2 Å². The molecule has 1 aliphatic rings. The minimum absolute atomic E-state index is 0.0833. The lowest BCUT2D eigenvalue weighted by Gasteiger charge is -2.05. The molecule has 1 fully saturated rings. The third-order valence-corrected chi connectivity index (χ3v) is 0.319. The highest BCUT2D eigenvalue weighted by Gasteiger charge is 1.97. The van der Waals surface area contributed by atoms with Crippen molar-refractivity contribution in [3.63, 3.8) is 0 Å². The molecule has 0 bridgehead atoms. The maximum Gasteiger partial charge on any atom is 0.112 e. The first kappa shape index (κ1) is 2.92. The summed E-state index contributed by atoms with van der Waals surface area (Å²) >= 11 is 0. The Bertz CT molecular complexity index is 51.7. The van der Waals surface area contributed by atoms with E-state index in [1.165, 1.54) is 0 Å². The second kappa shape index (κ2) is 2.09. The molecule has 0 aliphatic carbocycles. The fourth-order valence-electron chi connectivity index (χ4n) is 0.147. The van der Waals surface area contributed by atoms with Gasteiger partial charge in [-0.15, -0.1) is 0 Å². The van der Waals surface area contributed by atoms with Crippen molar-refractivity contribution in [1.29, 1.82) is 0 Å². The summed E-state index contributed by atoms with van der Waals surface area (Å²) in [7, 11) is 0. The molecule has 0 amide bonds. The summed E-state index contributed by atoms with van der Waals surface area (Å²) in [6.45, 7) is -0.700. The van der Waals surface area contributed by atoms with Gasteiger partial charge in [0.1, 0.15) is 13.2 Å². The maximum atomic E-state index is 6.72. The van der Waals surface area contributed by atoms with Crippen LogP contribution in [0.3, 0.4) is 0 Å². The molecular weight excluding hydrogens is 88.0 g/mol. The molecule has 0 saturated carbocycles. The summed E-state index contributed by atoms with van der Waals surface area (Å²) < 4.78 is 6.72. The molecule has 4 nitrogen and oxygen atoms in total. The van der Waals surface area contributed by atoms with Crippen molar-refractivity contribution < 1.29 is 21.2 Å². The van der Waals surface area contributed by atoms with E-state index < -0.39 is 6.58 Å². The lowest BCUT2D eigenvalue weighted by atomic mass is 10.8. The minimum atomic E-state index is -0.784. The van der Waals surface area contributed by atoms with E-state index in [2.05, 4.69) is 19.9 Å². The Kier molecular flexibility index (Phi) is 1.02. The van der Waals surface area contributed by atoms with Gasteiger partial charge in [-0.25, -0.2) is 9.78 Å². The van der Waals surface area contributed by atoms with Crippen LogP contribution in [0.2, 0.25) is 0 Å². The van der Waals surface area contributed by atoms with Gasteiger partial charge in [0.15, 0.2) is 0 Å². The van der Waals surface area contributed by atoms with Crippen molar-refractivity contribution >= 4 is 0 Å². The first-order valence-electron chi connectivity index (χ1n) is 2.01. The Morgan fingerprint density at radius 2 is 2.17 bits per heavy atom. The van der Waals surface area contributed by atoms with Crippen LogP contribution < -0.4 is 0 Å². The van der Waals surface area contributed by atoms with Crippen LogP contribution in [0.1, 0.15) is 1.37 Å². The van der Waals surface area contributed by atoms with Gasteiger partial charge in [-0.1, -0.05) is 0 Å². The van der Waals surface area contributed by atoms with E-state index in [1.807, 2.05) is 0 Å². The SMILES string of the molecule is [2H]C1COOOO1. The zero-order chi connectivity index (χ0) is 5.11. The molecule has 1 saturated heterocycles. The lowest BCUT2D eigenvalue weighted by molar-refractivity contribution is -0.663. The van der Waals surface area contributed by atoms with Crippen LogP contribution in [0.15, 0.2) is 0 Å². The van der Waals surface area contributed by atoms with Gasteiger partial charge in [-0.3, -0.25) is 0 Å². The Morgan fingerprint density at radius 3 is 2.50 bits per heavy atom. The van der Waals surface area contributed by atoms with Crippen molar-refractivity contribution in [3.05, 3.63) is 0 Å². The molecule has 0 spiro atoms. The van der Waals surface area contributed by atoms with Crippen molar-refractivity contribution in [1.82, 2.24) is 0 Å². The number of hydrogen-bond acceptors (Lipinski definition) is 4. The first-order valence-corrected chi connectivity index (χ1v) is 1.43. The maximum absolute atomic E-state index is 6.72. The summed E-state index contributed by atoms with van der Waals surface area (Å²) in [5.74, 6) is 0. The molecule has 0 aromatic carbocycles. The van der Waals surface area contributed by atoms with Gasteiger partial charge in [0, 0.05) is 0 Å². The minimum Gasteiger partial charge on any atom is -0.201 e. The Morgan fingerprint density at radius 1 is 1.33 bits per heavy atom. The van der Waals surface area contributed by atoms with Gasteiger partial charge >= 0.3 is 0 Å². The molecule has 6 heavy (non-hydrogen) atoms. The van der Waals surface area contributed by atoms with E-state index in [-0.39, 0.29) is 6.61 Å². The van der Waals surface area contributed by atoms with Crippen molar-refractivity contribution in [2.24, 2.45) is 0 Å². The highest BCUT2D eigenvalue weighted by molar-refractivity contribution is 4.14. The summed E-state index contributed by atoms with van der Waals surface area (Å²) in [6.07, 6.45) is 0. The molecule has 1 rings (SSSR count). The van der Waals surface area contributed by atoms with E-state index >= 15 is 0 Å². The second-order valence-corrected chi connectivity index (χ2v) is 0.683. The van der Waals surface area contributed by atoms with E-state index in [0.717, 1.165) is 0 Å². The van der Waals surface area contributed by atoms with Crippen LogP contribution >= 0.6 is 0 Å². The van der Waals surface area contributed by atoms with Crippen LogP contribution in [0.5, 0.6) is 0 Å². The lowest BCUT2D eigenvalue weighted by Crippen LogP contribution is -2.12. The Labute approximate surface area is 35.7 Å². The molecule has 0 aromatic heterocycles. The molecule has 4 heteroatoms. The van der Waals surface area contributed by atoms with Gasteiger partial charge in [0.05, 0.1) is 1.37 Å². The van der Waals surface area contributed by atoms with Gasteiger partial charge < -0.3 is 0 Å². The third-order valence-electron chi connectivity index (χ3n) is 0.319. The van der Waals surface area contributed by atoms with Gasteiger partial charge in [0.2, 0.25) is 0 Å². The Balaban J connectivity index is 2.12. The Hall–Kier alpha value is -0.160. The van der Waals surface area contributed by atoms with Crippen LogP contribution in [-0.2, 0) is 19.9 Å². The normalized spacial score (nSPS) is 38.7. The summed E-state index contributed by atoms with van der Waals surface area (Å²) in [4.78, 5) is 8.24. The molecule has 1 unspecified atom stereocenters. The van der Waals surface area contributed by atoms with Gasteiger partial charge in [-0.2, -0.15) is 0 Å². The van der Waals surface area contributed by atoms with E-state index in [9.17, 15) is 0 Å². The number of hydrogen-bond donors (Lipinski definition) is 0. The summed E-state index contributed by atoms with van der Waals surface area (Å²) in [6, 6.07) is 0. The highest BCUT2D eigenvalue weighted by Crippen LogP contribution is 1.89. The standard InChI is InChI=1S/C2H4O4/c1-2-4-6-5-3-1/h1-2H2/i1D. The van der Waals surface area contributed by atoms with E-state index in [1.54, 1.807) is 0 Å². The number of rotatable bonds is 0. The van der Waals surface area contributed by atoms with E-state index in [4.69, 9.17) is 1.37 Å². The van der Waals surface area contributed by atoms with Crippen molar-refractivity contribution in [3.8, 4) is 0 Å². The first-order chi connectivity index (χ1) is 3.39. The molecule has 36 valence electrons. The predicted octanol–water partition coefficient (Wildman–Crippen LogP) is -0.189. The zero-order valence-corrected chi connectivity index (χ0v) is 2.92. The largest absolute Gasteiger partial charge is 0.201 e. The van der Waals surface area contributed by atoms with E-state index in [0.29, 0.717) is 0 Å².